The van der Waals surface area contributed by atoms with Gasteiger partial charge in [-0.2, -0.15) is 0 Å². The van der Waals surface area contributed by atoms with E-state index in [2.05, 4.69) is 20.7 Å². The Morgan fingerprint density at radius 1 is 1.19 bits per heavy atom. The molecule has 0 amide bonds. The Balaban J connectivity index is 2.35. The normalized spacial score (nSPS) is 18.9. The molecule has 0 saturated heterocycles. The van der Waals surface area contributed by atoms with E-state index in [9.17, 15) is 9.36 Å². The van der Waals surface area contributed by atoms with Gasteiger partial charge < -0.3 is 9.26 Å². The molecular formula is C20H18BrO5P. The van der Waals surface area contributed by atoms with Crippen LogP contribution in [0.1, 0.15) is 18.1 Å². The number of methoxy groups -OCH3 is 1. The molecule has 0 fully saturated rings. The summed E-state index contributed by atoms with van der Waals surface area (Å²) in [5.74, 6) is -0.110. The van der Waals surface area contributed by atoms with Crippen LogP contribution in [0.5, 0.6) is 5.75 Å². The minimum Gasteiger partial charge on any atom is -0.466 e. The van der Waals surface area contributed by atoms with Crippen LogP contribution in [0.25, 0.3) is 5.57 Å². The van der Waals surface area contributed by atoms with Gasteiger partial charge in [-0.25, -0.2) is 9.36 Å². The SMILES string of the molecule is CCOP1(=O)Oc2c(Br)cccc2C(c2ccccc2)=C1/C=C/C(=O)OC. The summed E-state index contributed by atoms with van der Waals surface area (Å²) in [6.07, 6.45) is 2.67. The molecule has 1 atom stereocenters. The molecule has 7 heteroatoms. The molecule has 0 spiro atoms. The zero-order chi connectivity index (χ0) is 19.4. The van der Waals surface area contributed by atoms with Crippen molar-refractivity contribution in [3.8, 4) is 5.75 Å². The van der Waals surface area contributed by atoms with E-state index in [1.807, 2.05) is 48.5 Å². The first kappa shape index (κ1) is 19.6. The molecule has 1 aliphatic rings. The second kappa shape index (κ2) is 8.26. The molecule has 1 unspecified atom stereocenters. The second-order valence-electron chi connectivity index (χ2n) is 5.61. The zero-order valence-electron chi connectivity index (χ0n) is 14.8. The number of hydrogen-bond donors (Lipinski definition) is 0. The molecule has 0 aromatic heterocycles. The van der Waals surface area contributed by atoms with Crippen LogP contribution in [-0.2, 0) is 18.6 Å². The van der Waals surface area contributed by atoms with E-state index in [4.69, 9.17) is 9.05 Å². The maximum absolute atomic E-state index is 13.6. The summed E-state index contributed by atoms with van der Waals surface area (Å²) < 4.78 is 30.4. The lowest BCUT2D eigenvalue weighted by Gasteiger charge is -2.29. The third-order valence-corrected chi connectivity index (χ3v) is 6.55. The maximum atomic E-state index is 13.6. The molecule has 2 aromatic carbocycles. The predicted octanol–water partition coefficient (Wildman–Crippen LogP) is 5.56. The summed E-state index contributed by atoms with van der Waals surface area (Å²) in [5, 5.41) is 0.312. The predicted molar refractivity (Wildman–Crippen MR) is 108 cm³/mol. The van der Waals surface area contributed by atoms with E-state index in [1.165, 1.54) is 19.3 Å². The van der Waals surface area contributed by atoms with Crippen LogP contribution in [0.4, 0.5) is 0 Å². The van der Waals surface area contributed by atoms with Gasteiger partial charge >= 0.3 is 13.6 Å². The average Bonchev–Trinajstić information content (AvgIpc) is 2.67. The molecule has 27 heavy (non-hydrogen) atoms. The van der Waals surface area contributed by atoms with E-state index in [-0.39, 0.29) is 6.61 Å². The van der Waals surface area contributed by atoms with Crippen molar-refractivity contribution >= 4 is 35.1 Å². The first-order valence-corrected chi connectivity index (χ1v) is 10.6. The van der Waals surface area contributed by atoms with E-state index >= 15 is 0 Å². The fraction of sp³-hybridized carbons (Fsp3) is 0.150. The van der Waals surface area contributed by atoms with Gasteiger partial charge in [-0.3, -0.25) is 4.52 Å². The highest BCUT2D eigenvalue weighted by Crippen LogP contribution is 2.64. The third kappa shape index (κ3) is 3.93. The number of rotatable bonds is 5. The minimum atomic E-state index is -3.72. The Bertz CT molecular complexity index is 966. The lowest BCUT2D eigenvalue weighted by molar-refractivity contribution is -0.134. The van der Waals surface area contributed by atoms with Gasteiger partial charge in [-0.15, -0.1) is 0 Å². The number of esters is 1. The number of ether oxygens (including phenoxy) is 1. The van der Waals surface area contributed by atoms with Crippen molar-refractivity contribution in [2.24, 2.45) is 0 Å². The summed E-state index contributed by atoms with van der Waals surface area (Å²) in [4.78, 5) is 11.7. The van der Waals surface area contributed by atoms with Crippen LogP contribution in [0.3, 0.4) is 0 Å². The number of hydrogen-bond acceptors (Lipinski definition) is 5. The number of fused-ring (bicyclic) bond motifs is 1. The lowest BCUT2D eigenvalue weighted by Crippen LogP contribution is -2.10. The van der Waals surface area contributed by atoms with Gasteiger partial charge in [0.2, 0.25) is 0 Å². The summed E-state index contributed by atoms with van der Waals surface area (Å²) in [6, 6.07) is 15.1. The molecular weight excluding hydrogens is 431 g/mol. The summed E-state index contributed by atoms with van der Waals surface area (Å²) in [6.45, 7) is 1.93. The Kier molecular flexibility index (Phi) is 6.00. The molecule has 0 bridgehead atoms. The quantitative estimate of drug-likeness (QED) is 0.340. The van der Waals surface area contributed by atoms with Gasteiger partial charge in [0.1, 0.15) is 0 Å². The van der Waals surface area contributed by atoms with Gasteiger partial charge in [0.25, 0.3) is 0 Å². The molecule has 3 rings (SSSR count). The van der Waals surface area contributed by atoms with Crippen LogP contribution in [-0.4, -0.2) is 19.7 Å². The van der Waals surface area contributed by atoms with Gasteiger partial charge in [0.15, 0.2) is 5.75 Å². The number of carbonyl (C=O) groups is 1. The molecule has 5 nitrogen and oxygen atoms in total. The fourth-order valence-corrected chi connectivity index (χ4v) is 5.23. The molecule has 0 aliphatic carbocycles. The van der Waals surface area contributed by atoms with Crippen molar-refractivity contribution in [2.75, 3.05) is 13.7 Å². The first-order chi connectivity index (χ1) is 13.0. The van der Waals surface area contributed by atoms with Gasteiger partial charge in [-0.1, -0.05) is 42.5 Å². The van der Waals surface area contributed by atoms with Crippen LogP contribution in [0.2, 0.25) is 0 Å². The van der Waals surface area contributed by atoms with Crippen LogP contribution in [0, 0.1) is 0 Å². The second-order valence-corrected chi connectivity index (χ2v) is 8.38. The van der Waals surface area contributed by atoms with Crippen molar-refractivity contribution in [2.45, 2.75) is 6.92 Å². The molecule has 1 aliphatic heterocycles. The molecule has 140 valence electrons. The van der Waals surface area contributed by atoms with Gasteiger partial charge in [0, 0.05) is 17.2 Å². The van der Waals surface area contributed by atoms with Crippen molar-refractivity contribution in [3.63, 3.8) is 0 Å². The Labute approximate surface area is 166 Å². The van der Waals surface area contributed by atoms with Crippen LogP contribution >= 0.6 is 23.5 Å². The summed E-state index contributed by atoms with van der Waals surface area (Å²) >= 11 is 3.46. The van der Waals surface area contributed by atoms with Crippen molar-refractivity contribution in [1.29, 1.82) is 0 Å². The number of para-hydroxylation sites is 1. The summed E-state index contributed by atoms with van der Waals surface area (Å²) in [7, 11) is -2.43. The van der Waals surface area contributed by atoms with Crippen molar-refractivity contribution in [3.05, 3.63) is 81.6 Å². The number of carbonyl (C=O) groups excluding carboxylic acids is 1. The van der Waals surface area contributed by atoms with Crippen LogP contribution < -0.4 is 4.52 Å². The molecule has 0 saturated carbocycles. The third-order valence-electron chi connectivity index (χ3n) is 3.94. The van der Waals surface area contributed by atoms with E-state index in [1.54, 1.807) is 6.92 Å². The number of allylic oxidation sites excluding steroid dienone is 2. The highest BCUT2D eigenvalue weighted by molar-refractivity contribution is 9.10. The van der Waals surface area contributed by atoms with Crippen LogP contribution in [0.15, 0.2) is 70.5 Å². The highest BCUT2D eigenvalue weighted by Gasteiger charge is 2.40. The maximum Gasteiger partial charge on any atom is 0.411 e. The van der Waals surface area contributed by atoms with E-state index < -0.39 is 13.6 Å². The average molecular weight is 449 g/mol. The largest absolute Gasteiger partial charge is 0.466 e. The zero-order valence-corrected chi connectivity index (χ0v) is 17.3. The van der Waals surface area contributed by atoms with Gasteiger partial charge in [0.05, 0.1) is 23.5 Å². The molecule has 0 radical (unpaired) electrons. The first-order valence-electron chi connectivity index (χ1n) is 8.29. The standard InChI is InChI=1S/C20H18BrO5P/c1-3-25-27(23)17(12-13-18(22)24-2)19(14-8-5-4-6-9-14)15-10-7-11-16(21)20(15)26-27/h4-13H,3H2,1-2H3/b13-12+. The fourth-order valence-electron chi connectivity index (χ4n) is 2.81. The van der Waals surface area contributed by atoms with Crippen molar-refractivity contribution < 1.29 is 23.1 Å². The Hall–Kier alpha value is -2.14. The Morgan fingerprint density at radius 3 is 2.59 bits per heavy atom. The Morgan fingerprint density at radius 2 is 1.93 bits per heavy atom. The smallest absolute Gasteiger partial charge is 0.411 e. The topological polar surface area (TPSA) is 61.8 Å². The van der Waals surface area contributed by atoms with E-state index in [0.29, 0.717) is 21.1 Å². The number of halogens is 1. The number of benzene rings is 2. The highest BCUT2D eigenvalue weighted by atomic mass is 79.9. The van der Waals surface area contributed by atoms with Gasteiger partial charge in [-0.05, 0) is 40.6 Å². The summed E-state index contributed by atoms with van der Waals surface area (Å²) in [5.41, 5.74) is 2.28. The minimum absolute atomic E-state index is 0.189. The monoisotopic (exact) mass is 448 g/mol. The van der Waals surface area contributed by atoms with Crippen molar-refractivity contribution in [1.82, 2.24) is 0 Å². The molecule has 2 aromatic rings. The molecule has 1 heterocycles. The molecule has 0 N–H and O–H groups in total. The lowest BCUT2D eigenvalue weighted by atomic mass is 9.96. The van der Waals surface area contributed by atoms with E-state index in [0.717, 1.165) is 11.1 Å².